The van der Waals surface area contributed by atoms with Crippen LogP contribution in [0.3, 0.4) is 0 Å². The van der Waals surface area contributed by atoms with Crippen molar-refractivity contribution in [3.8, 4) is 6.07 Å². The van der Waals surface area contributed by atoms with Gasteiger partial charge in [0, 0.05) is 11.0 Å². The molecule has 0 aliphatic heterocycles. The van der Waals surface area contributed by atoms with E-state index in [2.05, 4.69) is 21.2 Å². The van der Waals surface area contributed by atoms with E-state index >= 15 is 0 Å². The third-order valence-electron chi connectivity index (χ3n) is 2.35. The minimum atomic E-state index is -1.46. The maximum Gasteiger partial charge on any atom is 0.256 e. The van der Waals surface area contributed by atoms with Gasteiger partial charge in [0.1, 0.15) is 5.60 Å². The summed E-state index contributed by atoms with van der Waals surface area (Å²) in [6, 6.07) is 7.01. The molecule has 0 saturated carbocycles. The van der Waals surface area contributed by atoms with Crippen LogP contribution in [-0.4, -0.2) is 21.9 Å². The monoisotopic (exact) mass is 296 g/mol. The predicted octanol–water partition coefficient (Wildman–Crippen LogP) is 1.95. The molecule has 17 heavy (non-hydrogen) atoms. The average molecular weight is 297 g/mol. The second-order valence-electron chi connectivity index (χ2n) is 4.00. The number of hydrogen-bond donors (Lipinski definition) is 2. The summed E-state index contributed by atoms with van der Waals surface area (Å²) >= 11 is 3.07. The lowest BCUT2D eigenvalue weighted by atomic mass is 10.1. The maximum absolute atomic E-state index is 11.7. The first-order valence-corrected chi connectivity index (χ1v) is 6.13. The van der Waals surface area contributed by atoms with Gasteiger partial charge in [-0.3, -0.25) is 4.79 Å². The Labute approximate surface area is 108 Å². The zero-order valence-electron chi connectivity index (χ0n) is 9.62. The largest absolute Gasteiger partial charge is 0.379 e. The topological polar surface area (TPSA) is 73.1 Å². The second kappa shape index (κ2) is 5.30. The zero-order chi connectivity index (χ0) is 13.1. The van der Waals surface area contributed by atoms with Gasteiger partial charge in [0.25, 0.3) is 5.91 Å². The number of aryl methyl sites for hydroxylation is 1. The van der Waals surface area contributed by atoms with E-state index in [0.717, 1.165) is 5.56 Å². The highest BCUT2D eigenvalue weighted by Gasteiger charge is 2.28. The number of anilines is 1. The number of nitrogens with zero attached hydrogens (tertiary/aromatic N) is 1. The maximum atomic E-state index is 11.7. The van der Waals surface area contributed by atoms with Crippen molar-refractivity contribution in [2.75, 3.05) is 10.6 Å². The predicted molar refractivity (Wildman–Crippen MR) is 68.9 cm³/mol. The van der Waals surface area contributed by atoms with Crippen LogP contribution in [-0.2, 0) is 4.79 Å². The second-order valence-corrected chi connectivity index (χ2v) is 4.56. The Morgan fingerprint density at radius 3 is 2.76 bits per heavy atom. The quantitative estimate of drug-likeness (QED) is 0.838. The third kappa shape index (κ3) is 3.29. The average Bonchev–Trinajstić information content (AvgIpc) is 2.29. The molecular weight excluding hydrogens is 284 g/mol. The van der Waals surface area contributed by atoms with Crippen LogP contribution in [0.15, 0.2) is 18.2 Å². The van der Waals surface area contributed by atoms with Crippen molar-refractivity contribution < 1.29 is 9.90 Å². The van der Waals surface area contributed by atoms with E-state index in [9.17, 15) is 9.90 Å². The number of carbonyl (C=O) groups is 1. The molecule has 2 N–H and O–H groups in total. The van der Waals surface area contributed by atoms with Crippen LogP contribution >= 0.6 is 15.9 Å². The van der Waals surface area contributed by atoms with Gasteiger partial charge in [0.05, 0.1) is 11.6 Å². The van der Waals surface area contributed by atoms with Crippen molar-refractivity contribution >= 4 is 27.5 Å². The van der Waals surface area contributed by atoms with Crippen molar-refractivity contribution in [3.63, 3.8) is 0 Å². The van der Waals surface area contributed by atoms with Crippen LogP contribution in [0.4, 0.5) is 5.69 Å². The Morgan fingerprint density at radius 2 is 2.29 bits per heavy atom. The first kappa shape index (κ1) is 13.7. The number of rotatable bonds is 3. The van der Waals surface area contributed by atoms with E-state index in [0.29, 0.717) is 11.3 Å². The summed E-state index contributed by atoms with van der Waals surface area (Å²) in [6.07, 6.45) is 0. The fraction of sp³-hybridized carbons (Fsp3) is 0.333. The molecule has 5 heteroatoms. The molecule has 1 rings (SSSR count). The molecule has 0 aliphatic carbocycles. The van der Waals surface area contributed by atoms with E-state index in [1.54, 1.807) is 25.1 Å². The Bertz CT molecular complexity index is 478. The van der Waals surface area contributed by atoms with Gasteiger partial charge >= 0.3 is 0 Å². The SMILES string of the molecule is Cc1cc(NC(=O)[C@@](C)(O)CBr)ccc1C#N. The number of nitriles is 1. The molecule has 1 aromatic rings. The van der Waals surface area contributed by atoms with Crippen molar-refractivity contribution in [1.82, 2.24) is 0 Å². The molecule has 0 aliphatic rings. The van der Waals surface area contributed by atoms with Gasteiger partial charge in [-0.15, -0.1) is 0 Å². The number of nitrogens with one attached hydrogen (secondary N) is 1. The van der Waals surface area contributed by atoms with Gasteiger partial charge in [-0.05, 0) is 37.6 Å². The number of amides is 1. The first-order valence-electron chi connectivity index (χ1n) is 5.01. The van der Waals surface area contributed by atoms with Gasteiger partial charge in [-0.2, -0.15) is 5.26 Å². The van der Waals surface area contributed by atoms with Gasteiger partial charge < -0.3 is 10.4 Å². The highest BCUT2D eigenvalue weighted by molar-refractivity contribution is 9.09. The molecule has 0 radical (unpaired) electrons. The lowest BCUT2D eigenvalue weighted by molar-refractivity contribution is -0.130. The number of hydrogen-bond acceptors (Lipinski definition) is 3. The van der Waals surface area contributed by atoms with E-state index in [1.807, 2.05) is 6.07 Å². The molecule has 0 bridgehead atoms. The number of carbonyl (C=O) groups excluding carboxylic acids is 1. The summed E-state index contributed by atoms with van der Waals surface area (Å²) in [5.74, 6) is -0.488. The van der Waals surface area contributed by atoms with E-state index in [1.165, 1.54) is 6.92 Å². The minimum Gasteiger partial charge on any atom is -0.379 e. The molecule has 0 saturated heterocycles. The lowest BCUT2D eigenvalue weighted by Crippen LogP contribution is -2.41. The summed E-state index contributed by atoms with van der Waals surface area (Å²) in [6.45, 7) is 3.21. The molecule has 1 amide bonds. The lowest BCUT2D eigenvalue weighted by Gasteiger charge is -2.19. The van der Waals surface area contributed by atoms with Crippen LogP contribution in [0.1, 0.15) is 18.1 Å². The smallest absolute Gasteiger partial charge is 0.256 e. The normalized spacial score (nSPS) is 13.6. The molecular formula is C12H13BrN2O2. The van der Waals surface area contributed by atoms with Crippen LogP contribution in [0.2, 0.25) is 0 Å². The number of benzene rings is 1. The van der Waals surface area contributed by atoms with E-state index in [4.69, 9.17) is 5.26 Å². The minimum absolute atomic E-state index is 0.154. The van der Waals surface area contributed by atoms with Gasteiger partial charge in [0.15, 0.2) is 0 Å². The molecule has 0 unspecified atom stereocenters. The van der Waals surface area contributed by atoms with Gasteiger partial charge in [-0.25, -0.2) is 0 Å². The van der Waals surface area contributed by atoms with Crippen molar-refractivity contribution in [2.45, 2.75) is 19.4 Å². The van der Waals surface area contributed by atoms with Crippen LogP contribution in [0, 0.1) is 18.3 Å². The summed E-state index contributed by atoms with van der Waals surface area (Å²) in [4.78, 5) is 11.7. The van der Waals surface area contributed by atoms with Crippen molar-refractivity contribution in [2.24, 2.45) is 0 Å². The van der Waals surface area contributed by atoms with Crippen molar-refractivity contribution in [3.05, 3.63) is 29.3 Å². The summed E-state index contributed by atoms with van der Waals surface area (Å²) in [5.41, 5.74) is 0.452. The highest BCUT2D eigenvalue weighted by atomic mass is 79.9. The van der Waals surface area contributed by atoms with Crippen LogP contribution in [0.5, 0.6) is 0 Å². The highest BCUT2D eigenvalue weighted by Crippen LogP contribution is 2.17. The molecule has 0 aromatic heterocycles. The third-order valence-corrected chi connectivity index (χ3v) is 3.45. The number of halogens is 1. The van der Waals surface area contributed by atoms with Crippen molar-refractivity contribution in [1.29, 1.82) is 5.26 Å². The number of aliphatic hydroxyl groups is 1. The van der Waals surface area contributed by atoms with E-state index < -0.39 is 11.5 Å². The Balaban J connectivity index is 2.88. The fourth-order valence-electron chi connectivity index (χ4n) is 1.19. The number of alkyl halides is 1. The first-order chi connectivity index (χ1) is 7.90. The Kier molecular flexibility index (Phi) is 4.27. The van der Waals surface area contributed by atoms with Gasteiger partial charge in [0.2, 0.25) is 0 Å². The molecule has 90 valence electrons. The molecule has 0 heterocycles. The van der Waals surface area contributed by atoms with Gasteiger partial charge in [-0.1, -0.05) is 15.9 Å². The Morgan fingerprint density at radius 1 is 1.65 bits per heavy atom. The zero-order valence-corrected chi connectivity index (χ0v) is 11.2. The Hall–Kier alpha value is -1.38. The van der Waals surface area contributed by atoms with Crippen LogP contribution in [0.25, 0.3) is 0 Å². The van der Waals surface area contributed by atoms with E-state index in [-0.39, 0.29) is 5.33 Å². The molecule has 0 spiro atoms. The summed E-state index contributed by atoms with van der Waals surface area (Å²) < 4.78 is 0. The standard InChI is InChI=1S/C12H13BrN2O2/c1-8-5-10(4-3-9(8)6-14)15-11(16)12(2,17)7-13/h3-5,17H,7H2,1-2H3,(H,15,16)/t12-/m0/s1. The molecule has 1 atom stereocenters. The molecule has 4 nitrogen and oxygen atoms in total. The fourth-order valence-corrected chi connectivity index (χ4v) is 1.45. The summed E-state index contributed by atoms with van der Waals surface area (Å²) in [7, 11) is 0. The van der Waals surface area contributed by atoms with Crippen LogP contribution < -0.4 is 5.32 Å². The summed E-state index contributed by atoms with van der Waals surface area (Å²) in [5, 5.41) is 21.2. The molecule has 1 aromatic carbocycles. The molecule has 0 fully saturated rings.